The highest BCUT2D eigenvalue weighted by molar-refractivity contribution is 5.68. The quantitative estimate of drug-likeness (QED) is 0.725. The maximum absolute atomic E-state index is 12.0. The Kier molecular flexibility index (Phi) is 7.16. The van der Waals surface area contributed by atoms with Gasteiger partial charge in [0.1, 0.15) is 5.60 Å². The van der Waals surface area contributed by atoms with Gasteiger partial charge in [-0.25, -0.2) is 4.79 Å². The summed E-state index contributed by atoms with van der Waals surface area (Å²) in [6.45, 7) is 17.6. The Hall–Kier alpha value is -0.770. The Morgan fingerprint density at radius 2 is 1.54 bits per heavy atom. The Balaban J connectivity index is 2.37. The van der Waals surface area contributed by atoms with Crippen molar-refractivity contribution in [2.24, 2.45) is 11.3 Å². The molecule has 0 aromatic carbocycles. The van der Waals surface area contributed by atoms with Gasteiger partial charge in [0.25, 0.3) is 0 Å². The fourth-order valence-electron chi connectivity index (χ4n) is 3.39. The van der Waals surface area contributed by atoms with Crippen LogP contribution in [0.5, 0.6) is 0 Å². The summed E-state index contributed by atoms with van der Waals surface area (Å²) in [5, 5.41) is 6.62. The normalized spacial score (nSPS) is 23.0. The molecule has 1 amide bonds. The van der Waals surface area contributed by atoms with Crippen molar-refractivity contribution in [3.8, 4) is 0 Å². The van der Waals surface area contributed by atoms with E-state index in [9.17, 15) is 4.79 Å². The van der Waals surface area contributed by atoms with Gasteiger partial charge in [0.05, 0.1) is 5.54 Å². The number of rotatable bonds is 6. The average molecular weight is 341 g/mol. The van der Waals surface area contributed by atoms with Crippen LogP contribution in [-0.2, 0) is 4.74 Å². The zero-order chi connectivity index (χ0) is 18.6. The molecule has 2 N–H and O–H groups in total. The molecular weight excluding hydrogens is 300 g/mol. The lowest BCUT2D eigenvalue weighted by molar-refractivity contribution is 0.0468. The van der Waals surface area contributed by atoms with Gasteiger partial charge in [-0.15, -0.1) is 0 Å². The first-order chi connectivity index (χ1) is 10.8. The molecule has 0 aliphatic heterocycles. The molecule has 0 atom stereocenters. The minimum absolute atomic E-state index is 0.318. The van der Waals surface area contributed by atoms with E-state index < -0.39 is 5.60 Å². The number of carbonyl (C=O) groups is 1. The number of amides is 1. The molecule has 1 aliphatic rings. The average Bonchev–Trinajstić information content (AvgIpc) is 2.43. The van der Waals surface area contributed by atoms with Gasteiger partial charge in [-0.3, -0.25) is 0 Å². The van der Waals surface area contributed by atoms with E-state index in [-0.39, 0.29) is 11.6 Å². The van der Waals surface area contributed by atoms with Gasteiger partial charge in [-0.1, -0.05) is 27.2 Å². The molecule has 4 nitrogen and oxygen atoms in total. The summed E-state index contributed by atoms with van der Waals surface area (Å²) in [5.74, 6) is 0.841. The second kappa shape index (κ2) is 8.07. The Morgan fingerprint density at radius 1 is 1.00 bits per heavy atom. The number of hydrogen-bond donors (Lipinski definition) is 2. The fraction of sp³-hybridized carbons (Fsp3) is 0.950. The van der Waals surface area contributed by atoms with Gasteiger partial charge in [-0.05, 0) is 71.6 Å². The van der Waals surface area contributed by atoms with E-state index in [0.717, 1.165) is 12.5 Å². The molecule has 1 aliphatic carbocycles. The second-order valence-electron chi connectivity index (χ2n) is 9.78. The van der Waals surface area contributed by atoms with Crippen molar-refractivity contribution < 1.29 is 9.53 Å². The van der Waals surface area contributed by atoms with Crippen LogP contribution in [0.3, 0.4) is 0 Å². The third-order valence-electron chi connectivity index (χ3n) is 5.42. The van der Waals surface area contributed by atoms with E-state index in [1.165, 1.54) is 32.1 Å². The first kappa shape index (κ1) is 21.3. The largest absolute Gasteiger partial charge is 0.444 e. The molecule has 4 heteroatoms. The van der Waals surface area contributed by atoms with Gasteiger partial charge in [0, 0.05) is 12.6 Å². The predicted octanol–water partition coefficient (Wildman–Crippen LogP) is 4.87. The van der Waals surface area contributed by atoms with Crippen molar-refractivity contribution in [3.05, 3.63) is 0 Å². The zero-order valence-electron chi connectivity index (χ0n) is 17.2. The van der Waals surface area contributed by atoms with Gasteiger partial charge in [-0.2, -0.15) is 0 Å². The van der Waals surface area contributed by atoms with Crippen LogP contribution < -0.4 is 10.6 Å². The number of alkyl carbamates (subject to hydrolysis) is 1. The molecule has 1 rings (SSSR count). The minimum Gasteiger partial charge on any atom is -0.444 e. The standard InChI is InChI=1S/C20H40N2O2/c1-9-19(5,6)15-10-12-16(13-11-15)21-14-20(7,8)22-17(23)24-18(2,3)4/h15-16,21H,9-14H2,1-8H3,(H,22,23). The molecule has 24 heavy (non-hydrogen) atoms. The molecule has 0 spiro atoms. The summed E-state index contributed by atoms with van der Waals surface area (Å²) in [6.07, 6.45) is 5.98. The van der Waals surface area contributed by atoms with Crippen LogP contribution in [0.15, 0.2) is 0 Å². The van der Waals surface area contributed by atoms with Crippen molar-refractivity contribution >= 4 is 6.09 Å². The summed E-state index contributed by atoms with van der Waals surface area (Å²) in [5.41, 5.74) is -0.317. The van der Waals surface area contributed by atoms with Crippen molar-refractivity contribution in [3.63, 3.8) is 0 Å². The molecule has 142 valence electrons. The van der Waals surface area contributed by atoms with Crippen LogP contribution in [0, 0.1) is 11.3 Å². The third kappa shape index (κ3) is 7.42. The van der Waals surface area contributed by atoms with Crippen LogP contribution in [0.4, 0.5) is 4.79 Å². The van der Waals surface area contributed by atoms with Crippen molar-refractivity contribution in [2.45, 2.75) is 105 Å². The number of ether oxygens (including phenoxy) is 1. The highest BCUT2D eigenvalue weighted by Crippen LogP contribution is 2.40. The van der Waals surface area contributed by atoms with E-state index in [2.05, 4.69) is 31.4 Å². The SMILES string of the molecule is CCC(C)(C)C1CCC(NCC(C)(C)NC(=O)OC(C)(C)C)CC1. The Bertz CT molecular complexity index is 402. The molecule has 0 radical (unpaired) electrons. The Morgan fingerprint density at radius 3 is 2.00 bits per heavy atom. The molecule has 0 aromatic heterocycles. The van der Waals surface area contributed by atoms with Crippen LogP contribution in [0.1, 0.15) is 87.5 Å². The lowest BCUT2D eigenvalue weighted by atomic mass is 9.69. The Labute approximate surface area is 149 Å². The predicted molar refractivity (Wildman–Crippen MR) is 101 cm³/mol. The van der Waals surface area contributed by atoms with E-state index in [1.807, 2.05) is 34.6 Å². The highest BCUT2D eigenvalue weighted by atomic mass is 16.6. The molecular formula is C20H40N2O2. The summed E-state index contributed by atoms with van der Waals surface area (Å²) < 4.78 is 5.35. The zero-order valence-corrected chi connectivity index (χ0v) is 17.2. The van der Waals surface area contributed by atoms with Gasteiger partial charge >= 0.3 is 6.09 Å². The summed E-state index contributed by atoms with van der Waals surface area (Å²) in [7, 11) is 0. The second-order valence-corrected chi connectivity index (χ2v) is 9.78. The number of hydrogen-bond acceptors (Lipinski definition) is 3. The minimum atomic E-state index is -0.460. The monoisotopic (exact) mass is 340 g/mol. The third-order valence-corrected chi connectivity index (χ3v) is 5.42. The smallest absolute Gasteiger partial charge is 0.408 e. The fourth-order valence-corrected chi connectivity index (χ4v) is 3.39. The van der Waals surface area contributed by atoms with Gasteiger partial charge in [0.15, 0.2) is 0 Å². The van der Waals surface area contributed by atoms with E-state index >= 15 is 0 Å². The van der Waals surface area contributed by atoms with Gasteiger partial charge in [0.2, 0.25) is 0 Å². The molecule has 0 unspecified atom stereocenters. The summed E-state index contributed by atoms with van der Waals surface area (Å²) in [4.78, 5) is 12.0. The molecule has 0 aromatic rings. The molecule has 0 bridgehead atoms. The van der Waals surface area contributed by atoms with Gasteiger partial charge < -0.3 is 15.4 Å². The lowest BCUT2D eigenvalue weighted by Gasteiger charge is -2.40. The van der Waals surface area contributed by atoms with E-state index in [0.29, 0.717) is 11.5 Å². The maximum atomic E-state index is 12.0. The number of carbonyl (C=O) groups excluding carboxylic acids is 1. The molecule has 1 saturated carbocycles. The van der Waals surface area contributed by atoms with Crippen LogP contribution in [-0.4, -0.2) is 29.8 Å². The molecule has 0 heterocycles. The van der Waals surface area contributed by atoms with E-state index in [4.69, 9.17) is 4.74 Å². The van der Waals surface area contributed by atoms with Crippen molar-refractivity contribution in [2.75, 3.05) is 6.54 Å². The first-order valence-corrected chi connectivity index (χ1v) is 9.59. The van der Waals surface area contributed by atoms with Crippen LogP contribution >= 0.6 is 0 Å². The highest BCUT2D eigenvalue weighted by Gasteiger charge is 2.32. The van der Waals surface area contributed by atoms with Crippen LogP contribution in [0.2, 0.25) is 0 Å². The summed E-state index contributed by atoms with van der Waals surface area (Å²) in [6, 6.07) is 0.564. The van der Waals surface area contributed by atoms with E-state index in [1.54, 1.807) is 0 Å². The number of nitrogens with one attached hydrogen (secondary N) is 2. The lowest BCUT2D eigenvalue weighted by Crippen LogP contribution is -2.53. The van der Waals surface area contributed by atoms with Crippen molar-refractivity contribution in [1.82, 2.24) is 10.6 Å². The first-order valence-electron chi connectivity index (χ1n) is 9.59. The van der Waals surface area contributed by atoms with Crippen molar-refractivity contribution in [1.29, 1.82) is 0 Å². The molecule has 0 saturated heterocycles. The van der Waals surface area contributed by atoms with Crippen LogP contribution in [0.25, 0.3) is 0 Å². The molecule has 1 fully saturated rings. The maximum Gasteiger partial charge on any atom is 0.408 e. The topological polar surface area (TPSA) is 50.4 Å². The summed E-state index contributed by atoms with van der Waals surface area (Å²) >= 11 is 0.